The third-order valence-electron chi connectivity index (χ3n) is 1.62. The van der Waals surface area contributed by atoms with E-state index in [0.29, 0.717) is 13.0 Å². The summed E-state index contributed by atoms with van der Waals surface area (Å²) in [5, 5.41) is 0. The van der Waals surface area contributed by atoms with Crippen LogP contribution in [-0.4, -0.2) is 18.5 Å². The van der Waals surface area contributed by atoms with Crippen LogP contribution in [0.2, 0.25) is 0 Å². The van der Waals surface area contributed by atoms with Crippen molar-refractivity contribution >= 4 is 12.0 Å². The van der Waals surface area contributed by atoms with Crippen molar-refractivity contribution in [2.45, 2.75) is 20.3 Å². The monoisotopic (exact) mass is 191 g/mol. The Morgan fingerprint density at radius 3 is 2.71 bits per heavy atom. The number of allylic oxidation sites excluding steroid dienone is 3. The molecule has 0 amide bonds. The van der Waals surface area contributed by atoms with Crippen molar-refractivity contribution in [3.05, 3.63) is 36.5 Å². The molecule has 0 aromatic heterocycles. The molecule has 0 saturated carbocycles. The number of Topliss-reactive ketones (excluding diaryl/α,β-unsaturated/α-hetero) is 1. The lowest BCUT2D eigenvalue weighted by Crippen LogP contribution is -1.97. The van der Waals surface area contributed by atoms with Gasteiger partial charge >= 0.3 is 0 Å². The number of ketones is 1. The summed E-state index contributed by atoms with van der Waals surface area (Å²) in [4.78, 5) is 14.9. The van der Waals surface area contributed by atoms with Gasteiger partial charge in [-0.3, -0.25) is 9.79 Å². The minimum atomic E-state index is 0.0550. The summed E-state index contributed by atoms with van der Waals surface area (Å²) in [6, 6.07) is 0. The molecule has 0 bridgehead atoms. The largest absolute Gasteiger partial charge is 0.293 e. The van der Waals surface area contributed by atoms with Gasteiger partial charge in [-0.1, -0.05) is 37.8 Å². The molecule has 0 radical (unpaired) electrons. The molecule has 14 heavy (non-hydrogen) atoms. The van der Waals surface area contributed by atoms with Crippen LogP contribution in [0, 0.1) is 0 Å². The van der Waals surface area contributed by atoms with Gasteiger partial charge < -0.3 is 0 Å². The lowest BCUT2D eigenvalue weighted by molar-refractivity contribution is -0.112. The zero-order valence-corrected chi connectivity index (χ0v) is 8.86. The van der Waals surface area contributed by atoms with Crippen molar-refractivity contribution in [1.29, 1.82) is 0 Å². The van der Waals surface area contributed by atoms with Crippen molar-refractivity contribution in [1.82, 2.24) is 0 Å². The number of nitrogens with zero attached hydrogens (tertiary/aromatic N) is 1. The summed E-state index contributed by atoms with van der Waals surface area (Å²) in [5.41, 5.74) is 1.00. The smallest absolute Gasteiger partial charge is 0.173 e. The number of hydrogen-bond donors (Lipinski definition) is 0. The second-order valence-electron chi connectivity index (χ2n) is 2.76. The Morgan fingerprint density at radius 1 is 1.50 bits per heavy atom. The number of hydrogen-bond acceptors (Lipinski definition) is 2. The van der Waals surface area contributed by atoms with Crippen molar-refractivity contribution < 1.29 is 4.79 Å². The summed E-state index contributed by atoms with van der Waals surface area (Å²) in [6.07, 6.45) is 9.42. The molecule has 76 valence electrons. The summed E-state index contributed by atoms with van der Waals surface area (Å²) < 4.78 is 0. The molecule has 0 aliphatic heterocycles. The topological polar surface area (TPSA) is 29.4 Å². The van der Waals surface area contributed by atoms with E-state index >= 15 is 0 Å². The molecule has 0 unspecified atom stereocenters. The maximum Gasteiger partial charge on any atom is 0.173 e. The van der Waals surface area contributed by atoms with Crippen LogP contribution in [0.5, 0.6) is 0 Å². The second-order valence-corrected chi connectivity index (χ2v) is 2.76. The summed E-state index contributed by atoms with van der Waals surface area (Å²) in [7, 11) is 0. The van der Waals surface area contributed by atoms with Gasteiger partial charge in [-0.15, -0.1) is 0 Å². The van der Waals surface area contributed by atoms with E-state index in [9.17, 15) is 4.79 Å². The van der Waals surface area contributed by atoms with Crippen LogP contribution in [-0.2, 0) is 4.79 Å². The van der Waals surface area contributed by atoms with Crippen LogP contribution >= 0.6 is 0 Å². The van der Waals surface area contributed by atoms with Gasteiger partial charge in [0.05, 0.1) is 12.8 Å². The maximum absolute atomic E-state index is 10.9. The van der Waals surface area contributed by atoms with Gasteiger partial charge in [-0.2, -0.15) is 0 Å². The zero-order chi connectivity index (χ0) is 10.8. The first kappa shape index (κ1) is 12.6. The van der Waals surface area contributed by atoms with Gasteiger partial charge in [0.2, 0.25) is 0 Å². The van der Waals surface area contributed by atoms with Gasteiger partial charge in [-0.25, -0.2) is 0 Å². The third-order valence-corrected chi connectivity index (χ3v) is 1.62. The molecule has 0 heterocycles. The lowest BCUT2D eigenvalue weighted by Gasteiger charge is -1.93. The highest BCUT2D eigenvalue weighted by Gasteiger charge is 1.91. The van der Waals surface area contributed by atoms with E-state index in [1.807, 2.05) is 32.1 Å². The third kappa shape index (κ3) is 6.12. The average Bonchev–Trinajstić information content (AvgIpc) is 2.22. The van der Waals surface area contributed by atoms with E-state index in [1.54, 1.807) is 6.08 Å². The van der Waals surface area contributed by atoms with Crippen molar-refractivity contribution in [2.24, 2.45) is 4.99 Å². The van der Waals surface area contributed by atoms with Gasteiger partial charge in [0, 0.05) is 6.42 Å². The van der Waals surface area contributed by atoms with Crippen LogP contribution in [0.4, 0.5) is 0 Å². The van der Waals surface area contributed by atoms with Crippen molar-refractivity contribution in [3.8, 4) is 0 Å². The predicted molar refractivity (Wildman–Crippen MR) is 61.8 cm³/mol. The van der Waals surface area contributed by atoms with Gasteiger partial charge in [-0.05, 0) is 12.5 Å². The Bertz CT molecular complexity index is 272. The Balaban J connectivity index is 4.14. The molecular formula is C12H17NO. The summed E-state index contributed by atoms with van der Waals surface area (Å²) in [5.74, 6) is 0.0550. The Labute approximate surface area is 85.7 Å². The van der Waals surface area contributed by atoms with Crippen LogP contribution in [0.1, 0.15) is 20.3 Å². The Morgan fingerprint density at radius 2 is 2.21 bits per heavy atom. The standard InChI is InChI=1S/C12H17NO/c1-4-7-8-11(5-2)9-13-10-12(14)6-3/h4-5,7-8,10H,2,6,9H2,1,3H3/b7-4-,11-8+,13-10?. The first-order valence-electron chi connectivity index (χ1n) is 4.71. The quantitative estimate of drug-likeness (QED) is 0.469. The fraction of sp³-hybridized carbons (Fsp3) is 0.333. The number of aliphatic imine (C=N–C) groups is 1. The Kier molecular flexibility index (Phi) is 7.33. The molecule has 0 saturated heterocycles. The summed E-state index contributed by atoms with van der Waals surface area (Å²) in [6.45, 7) is 7.95. The fourth-order valence-electron chi connectivity index (χ4n) is 0.749. The molecule has 0 spiro atoms. The predicted octanol–water partition coefficient (Wildman–Crippen LogP) is 2.72. The molecule has 0 fully saturated rings. The molecule has 0 aromatic rings. The Hall–Kier alpha value is -1.44. The molecule has 0 N–H and O–H groups in total. The van der Waals surface area contributed by atoms with E-state index in [4.69, 9.17) is 0 Å². The highest BCUT2D eigenvalue weighted by molar-refractivity contribution is 6.27. The number of carbonyl (C=O) groups is 1. The van der Waals surface area contributed by atoms with Crippen LogP contribution in [0.3, 0.4) is 0 Å². The van der Waals surface area contributed by atoms with Gasteiger partial charge in [0.15, 0.2) is 5.78 Å². The first-order valence-corrected chi connectivity index (χ1v) is 4.71. The highest BCUT2D eigenvalue weighted by atomic mass is 16.1. The minimum absolute atomic E-state index is 0.0550. The van der Waals surface area contributed by atoms with E-state index < -0.39 is 0 Å². The summed E-state index contributed by atoms with van der Waals surface area (Å²) >= 11 is 0. The minimum Gasteiger partial charge on any atom is -0.293 e. The molecule has 2 nitrogen and oxygen atoms in total. The number of rotatable bonds is 6. The average molecular weight is 191 g/mol. The van der Waals surface area contributed by atoms with Crippen LogP contribution in [0.15, 0.2) is 41.4 Å². The molecule has 0 aromatic carbocycles. The molecule has 0 rings (SSSR count). The highest BCUT2D eigenvalue weighted by Crippen LogP contribution is 1.96. The van der Waals surface area contributed by atoms with E-state index in [2.05, 4.69) is 11.6 Å². The molecule has 2 heteroatoms. The number of carbonyl (C=O) groups excluding carboxylic acids is 1. The van der Waals surface area contributed by atoms with Crippen molar-refractivity contribution in [3.63, 3.8) is 0 Å². The van der Waals surface area contributed by atoms with Crippen molar-refractivity contribution in [2.75, 3.05) is 6.54 Å². The van der Waals surface area contributed by atoms with E-state index in [-0.39, 0.29) is 5.78 Å². The maximum atomic E-state index is 10.9. The lowest BCUT2D eigenvalue weighted by atomic mass is 10.2. The molecule has 0 atom stereocenters. The molecule has 0 aliphatic carbocycles. The zero-order valence-electron chi connectivity index (χ0n) is 8.86. The van der Waals surface area contributed by atoms with Gasteiger partial charge in [0.1, 0.15) is 0 Å². The van der Waals surface area contributed by atoms with E-state index in [1.165, 1.54) is 6.21 Å². The second kappa shape index (κ2) is 8.17. The normalized spacial score (nSPS) is 12.6. The van der Waals surface area contributed by atoms with Crippen LogP contribution < -0.4 is 0 Å². The molecule has 0 aliphatic rings. The SMILES string of the molecule is C=C/C(=C\C=C/C)CN=CC(=O)CC. The first-order chi connectivity index (χ1) is 6.74. The fourth-order valence-corrected chi connectivity index (χ4v) is 0.749. The van der Waals surface area contributed by atoms with Crippen LogP contribution in [0.25, 0.3) is 0 Å². The van der Waals surface area contributed by atoms with Gasteiger partial charge in [0.25, 0.3) is 0 Å². The molecular weight excluding hydrogens is 174 g/mol. The van der Waals surface area contributed by atoms with E-state index in [0.717, 1.165) is 5.57 Å².